The molecule has 0 saturated carbocycles. The summed E-state index contributed by atoms with van der Waals surface area (Å²) in [6.07, 6.45) is 0.929. The van der Waals surface area contributed by atoms with E-state index >= 15 is 0 Å². The predicted octanol–water partition coefficient (Wildman–Crippen LogP) is 3.82. The molecular formula is C13H14F3N. The largest absolute Gasteiger partial charge is 0.416 e. The van der Waals surface area contributed by atoms with Crippen molar-refractivity contribution < 1.29 is 13.2 Å². The summed E-state index contributed by atoms with van der Waals surface area (Å²) in [7, 11) is 0. The highest BCUT2D eigenvalue weighted by Gasteiger charge is 2.29. The third kappa shape index (κ3) is 3.25. The fourth-order valence-corrected chi connectivity index (χ4v) is 1.87. The molecule has 17 heavy (non-hydrogen) atoms. The van der Waals surface area contributed by atoms with Gasteiger partial charge in [0.25, 0.3) is 0 Å². The Bertz CT molecular complexity index is 396. The lowest BCUT2D eigenvalue weighted by Crippen LogP contribution is -2.19. The first-order chi connectivity index (χ1) is 8.05. The lowest BCUT2D eigenvalue weighted by Gasteiger charge is -2.16. The average Bonchev–Trinajstić information content (AvgIpc) is 2.30. The van der Waals surface area contributed by atoms with Gasteiger partial charge in [-0.25, -0.2) is 0 Å². The van der Waals surface area contributed by atoms with Crippen molar-refractivity contribution in [1.82, 2.24) is 5.32 Å². The minimum Gasteiger partial charge on any atom is -0.388 e. The number of halogens is 3. The number of benzene rings is 1. The van der Waals surface area contributed by atoms with Crippen molar-refractivity contribution in [2.45, 2.75) is 25.4 Å². The Morgan fingerprint density at radius 1 is 1.06 bits per heavy atom. The van der Waals surface area contributed by atoms with Gasteiger partial charge in [0.2, 0.25) is 0 Å². The smallest absolute Gasteiger partial charge is 0.388 e. The van der Waals surface area contributed by atoms with Crippen molar-refractivity contribution in [3.63, 3.8) is 0 Å². The number of alkyl halides is 3. The fraction of sp³-hybridized carbons (Fsp3) is 0.385. The van der Waals surface area contributed by atoms with Crippen LogP contribution >= 0.6 is 0 Å². The number of nitrogens with one attached hydrogen (secondary N) is 1. The van der Waals surface area contributed by atoms with Crippen LogP contribution in [0.2, 0.25) is 0 Å². The van der Waals surface area contributed by atoms with Gasteiger partial charge in [0, 0.05) is 12.2 Å². The first-order valence-corrected chi connectivity index (χ1v) is 5.67. The van der Waals surface area contributed by atoms with Crippen molar-refractivity contribution in [2.75, 3.05) is 6.54 Å². The van der Waals surface area contributed by atoms with Crippen LogP contribution in [0.15, 0.2) is 30.0 Å². The van der Waals surface area contributed by atoms with Crippen molar-refractivity contribution in [1.29, 1.82) is 0 Å². The molecule has 1 aromatic carbocycles. The van der Waals surface area contributed by atoms with Crippen molar-refractivity contribution >= 4 is 6.08 Å². The minimum absolute atomic E-state index is 0.601. The molecule has 1 aliphatic rings. The van der Waals surface area contributed by atoms with Gasteiger partial charge in [0.05, 0.1) is 5.56 Å². The van der Waals surface area contributed by atoms with Gasteiger partial charge in [-0.15, -0.1) is 0 Å². The molecule has 4 heteroatoms. The van der Waals surface area contributed by atoms with E-state index in [9.17, 15) is 13.2 Å². The van der Waals surface area contributed by atoms with Crippen LogP contribution in [-0.2, 0) is 6.18 Å². The fourth-order valence-electron chi connectivity index (χ4n) is 1.87. The van der Waals surface area contributed by atoms with E-state index in [4.69, 9.17) is 0 Å². The van der Waals surface area contributed by atoms with E-state index in [1.54, 1.807) is 0 Å². The third-order valence-corrected chi connectivity index (χ3v) is 2.80. The second kappa shape index (κ2) is 4.82. The number of allylic oxidation sites excluding steroid dienone is 1. The topological polar surface area (TPSA) is 12.0 Å². The van der Waals surface area contributed by atoms with E-state index in [0.29, 0.717) is 0 Å². The first kappa shape index (κ1) is 12.0. The quantitative estimate of drug-likeness (QED) is 0.788. The molecule has 1 saturated heterocycles. The zero-order valence-corrected chi connectivity index (χ0v) is 9.35. The molecule has 0 spiro atoms. The van der Waals surface area contributed by atoms with E-state index < -0.39 is 11.7 Å². The van der Waals surface area contributed by atoms with Crippen LogP contribution in [0.5, 0.6) is 0 Å². The lowest BCUT2D eigenvalue weighted by molar-refractivity contribution is -0.137. The molecule has 1 nitrogen and oxygen atoms in total. The van der Waals surface area contributed by atoms with E-state index in [-0.39, 0.29) is 0 Å². The van der Waals surface area contributed by atoms with Crippen molar-refractivity contribution in [3.8, 4) is 0 Å². The van der Waals surface area contributed by atoms with Crippen LogP contribution in [0, 0.1) is 0 Å². The van der Waals surface area contributed by atoms with Gasteiger partial charge in [-0.3, -0.25) is 0 Å². The summed E-state index contributed by atoms with van der Waals surface area (Å²) in [6.45, 7) is 0.951. The maximum absolute atomic E-state index is 12.4. The highest BCUT2D eigenvalue weighted by Crippen LogP contribution is 2.29. The first-order valence-electron chi connectivity index (χ1n) is 5.67. The number of rotatable bonds is 1. The van der Waals surface area contributed by atoms with Crippen LogP contribution in [0.25, 0.3) is 6.08 Å². The Morgan fingerprint density at radius 2 is 1.76 bits per heavy atom. The Labute approximate surface area is 98.3 Å². The molecule has 0 radical (unpaired) electrons. The molecule has 2 rings (SSSR count). The third-order valence-electron chi connectivity index (χ3n) is 2.80. The van der Waals surface area contributed by atoms with Crippen LogP contribution in [-0.4, -0.2) is 6.54 Å². The molecule has 1 heterocycles. The number of hydrogen-bond donors (Lipinski definition) is 1. The minimum atomic E-state index is -4.26. The van der Waals surface area contributed by atoms with Gasteiger partial charge in [0.15, 0.2) is 0 Å². The molecule has 1 N–H and O–H groups in total. The van der Waals surface area contributed by atoms with Gasteiger partial charge in [0.1, 0.15) is 0 Å². The molecular weight excluding hydrogens is 227 g/mol. The molecule has 0 atom stereocenters. The molecule has 0 aliphatic carbocycles. The van der Waals surface area contributed by atoms with E-state index in [2.05, 4.69) is 5.32 Å². The van der Waals surface area contributed by atoms with Gasteiger partial charge in [-0.1, -0.05) is 12.1 Å². The van der Waals surface area contributed by atoms with Gasteiger partial charge in [-0.2, -0.15) is 13.2 Å². The SMILES string of the molecule is FC(F)(F)c1ccc(C=C2CCCCN2)cc1. The summed E-state index contributed by atoms with van der Waals surface area (Å²) < 4.78 is 37.1. The monoisotopic (exact) mass is 241 g/mol. The van der Waals surface area contributed by atoms with Crippen LogP contribution in [0.1, 0.15) is 30.4 Å². The van der Waals surface area contributed by atoms with Crippen molar-refractivity contribution in [2.24, 2.45) is 0 Å². The normalized spacial score (nSPS) is 19.1. The van der Waals surface area contributed by atoms with Crippen LogP contribution in [0.3, 0.4) is 0 Å². The Morgan fingerprint density at radius 3 is 2.29 bits per heavy atom. The second-order valence-corrected chi connectivity index (χ2v) is 4.17. The average molecular weight is 241 g/mol. The second-order valence-electron chi connectivity index (χ2n) is 4.17. The van der Waals surface area contributed by atoms with Gasteiger partial charge >= 0.3 is 6.18 Å². The number of hydrogen-bond acceptors (Lipinski definition) is 1. The Kier molecular flexibility index (Phi) is 3.41. The maximum Gasteiger partial charge on any atom is 0.416 e. The summed E-state index contributed by atoms with van der Waals surface area (Å²) in [4.78, 5) is 0. The van der Waals surface area contributed by atoms with E-state index in [1.165, 1.54) is 12.1 Å². The molecule has 0 bridgehead atoms. The highest BCUT2D eigenvalue weighted by molar-refractivity contribution is 5.53. The highest BCUT2D eigenvalue weighted by atomic mass is 19.4. The van der Waals surface area contributed by atoms with E-state index in [1.807, 2.05) is 6.08 Å². The summed E-state index contributed by atoms with van der Waals surface area (Å²) >= 11 is 0. The zero-order chi connectivity index (χ0) is 12.3. The van der Waals surface area contributed by atoms with Crippen LogP contribution < -0.4 is 5.32 Å². The summed E-state index contributed by atoms with van der Waals surface area (Å²) in [5.41, 5.74) is 1.31. The molecule has 1 fully saturated rings. The van der Waals surface area contributed by atoms with Crippen LogP contribution in [0.4, 0.5) is 13.2 Å². The van der Waals surface area contributed by atoms with Gasteiger partial charge < -0.3 is 5.32 Å². The lowest BCUT2D eigenvalue weighted by atomic mass is 10.1. The van der Waals surface area contributed by atoms with Crippen molar-refractivity contribution in [3.05, 3.63) is 41.1 Å². The predicted molar refractivity (Wildman–Crippen MR) is 61.3 cm³/mol. The Balaban J connectivity index is 2.12. The molecule has 1 aromatic rings. The summed E-state index contributed by atoms with van der Waals surface area (Å²) in [5, 5.41) is 3.25. The molecule has 0 aromatic heterocycles. The summed E-state index contributed by atoms with van der Waals surface area (Å²) in [6, 6.07) is 5.25. The Hall–Kier alpha value is -1.45. The standard InChI is InChI=1S/C13H14F3N/c14-13(15,16)11-6-4-10(5-7-11)9-12-3-1-2-8-17-12/h4-7,9,17H,1-3,8H2. The number of piperidine rings is 1. The molecule has 1 aliphatic heterocycles. The zero-order valence-electron chi connectivity index (χ0n) is 9.35. The molecule has 92 valence electrons. The molecule has 0 unspecified atom stereocenters. The molecule has 0 amide bonds. The maximum atomic E-state index is 12.4. The van der Waals surface area contributed by atoms with Gasteiger partial charge in [-0.05, 0) is 43.0 Å². The van der Waals surface area contributed by atoms with E-state index in [0.717, 1.165) is 49.2 Å². The summed E-state index contributed by atoms with van der Waals surface area (Å²) in [5.74, 6) is 0.